The van der Waals surface area contributed by atoms with Crippen LogP contribution in [0.2, 0.25) is 0 Å². The zero-order valence-electron chi connectivity index (χ0n) is 9.79. The zero-order chi connectivity index (χ0) is 12.6. The monoisotopic (exact) mass is 294 g/mol. The molecule has 0 unspecified atom stereocenters. The van der Waals surface area contributed by atoms with Crippen molar-refractivity contribution in [3.05, 3.63) is 40.4 Å². The van der Waals surface area contributed by atoms with Crippen molar-refractivity contribution in [1.29, 1.82) is 0 Å². The number of halogens is 1. The summed E-state index contributed by atoms with van der Waals surface area (Å²) in [6.07, 6.45) is 2.15. The minimum Gasteiger partial charge on any atom is -0.481 e. The maximum atomic E-state index is 10.9. The van der Waals surface area contributed by atoms with Gasteiger partial charge in [0.25, 0.3) is 0 Å². The van der Waals surface area contributed by atoms with E-state index >= 15 is 0 Å². The highest BCUT2D eigenvalue weighted by atomic mass is 79.9. The summed E-state index contributed by atoms with van der Waals surface area (Å²) in [5.74, 6) is -0.723. The van der Waals surface area contributed by atoms with E-state index in [1.807, 2.05) is 19.1 Å². The molecule has 0 spiro atoms. The Morgan fingerprint density at radius 3 is 2.59 bits per heavy atom. The lowest BCUT2D eigenvalue weighted by molar-refractivity contribution is -0.137. The molecule has 2 rings (SSSR count). The molecule has 0 aliphatic heterocycles. The number of benzene rings is 1. The van der Waals surface area contributed by atoms with E-state index in [-0.39, 0.29) is 11.8 Å². The predicted octanol–water partition coefficient (Wildman–Crippen LogP) is 3.99. The van der Waals surface area contributed by atoms with Gasteiger partial charge in [-0.15, -0.1) is 0 Å². The number of hydrogen-bond acceptors (Lipinski definition) is 1. The van der Waals surface area contributed by atoms with Crippen LogP contribution in [0, 0.1) is 0 Å². The quantitative estimate of drug-likeness (QED) is 0.912. The fourth-order valence-corrected chi connectivity index (χ4v) is 2.64. The third-order valence-corrected chi connectivity index (χ3v) is 3.80. The number of carboxylic acids is 1. The Hall–Kier alpha value is -1.09. The van der Waals surface area contributed by atoms with Crippen LogP contribution in [-0.4, -0.2) is 11.1 Å². The van der Waals surface area contributed by atoms with Crippen LogP contribution >= 0.6 is 15.9 Å². The second kappa shape index (κ2) is 4.30. The number of allylic oxidation sites excluding steroid dienone is 1. The number of carbonyl (C=O) groups is 1. The molecule has 0 bridgehead atoms. The van der Waals surface area contributed by atoms with Crippen molar-refractivity contribution in [2.45, 2.75) is 31.6 Å². The molecule has 0 atom stereocenters. The summed E-state index contributed by atoms with van der Waals surface area (Å²) < 4.78 is 0.990. The third kappa shape index (κ3) is 2.60. The minimum atomic E-state index is -0.723. The summed E-state index contributed by atoms with van der Waals surface area (Å²) in [5, 5.41) is 8.97. The Morgan fingerprint density at radius 2 is 2.12 bits per heavy atom. The first-order chi connectivity index (χ1) is 7.93. The van der Waals surface area contributed by atoms with Gasteiger partial charge in [0.05, 0.1) is 6.42 Å². The third-order valence-electron chi connectivity index (χ3n) is 3.35. The number of hydrogen-bond donors (Lipinski definition) is 1. The van der Waals surface area contributed by atoms with Gasteiger partial charge in [-0.3, -0.25) is 4.79 Å². The van der Waals surface area contributed by atoms with E-state index in [0.717, 1.165) is 34.0 Å². The summed E-state index contributed by atoms with van der Waals surface area (Å²) >= 11 is 3.48. The Labute approximate surface area is 109 Å². The lowest BCUT2D eigenvalue weighted by atomic mass is 9.90. The highest BCUT2D eigenvalue weighted by molar-refractivity contribution is 9.10. The van der Waals surface area contributed by atoms with Crippen LogP contribution in [0.15, 0.2) is 29.3 Å². The van der Waals surface area contributed by atoms with E-state index in [0.29, 0.717) is 0 Å². The van der Waals surface area contributed by atoms with Gasteiger partial charge in [0, 0.05) is 9.89 Å². The van der Waals surface area contributed by atoms with E-state index < -0.39 is 5.97 Å². The molecule has 1 saturated carbocycles. The molecule has 90 valence electrons. The maximum Gasteiger partial charge on any atom is 0.304 e. The summed E-state index contributed by atoms with van der Waals surface area (Å²) in [6, 6.07) is 6.12. The summed E-state index contributed by atoms with van der Waals surface area (Å²) in [7, 11) is 0. The van der Waals surface area contributed by atoms with Gasteiger partial charge in [-0.1, -0.05) is 34.1 Å². The van der Waals surface area contributed by atoms with Gasteiger partial charge in [-0.05, 0) is 43.0 Å². The van der Waals surface area contributed by atoms with E-state index in [9.17, 15) is 4.79 Å². The molecule has 0 amide bonds. The van der Waals surface area contributed by atoms with Crippen molar-refractivity contribution in [2.24, 2.45) is 0 Å². The lowest BCUT2D eigenvalue weighted by Gasteiger charge is -2.15. The van der Waals surface area contributed by atoms with Gasteiger partial charge in [-0.25, -0.2) is 0 Å². The van der Waals surface area contributed by atoms with Crippen molar-refractivity contribution in [3.8, 4) is 0 Å². The second-order valence-corrected chi connectivity index (χ2v) is 5.78. The molecule has 0 saturated heterocycles. The number of carboxylic acid groups (broad SMARTS) is 1. The predicted molar refractivity (Wildman–Crippen MR) is 72.0 cm³/mol. The zero-order valence-corrected chi connectivity index (χ0v) is 11.4. The summed E-state index contributed by atoms with van der Waals surface area (Å²) in [6.45, 7) is 5.89. The largest absolute Gasteiger partial charge is 0.481 e. The van der Waals surface area contributed by atoms with Gasteiger partial charge in [0.2, 0.25) is 0 Å². The Balaban J connectivity index is 2.39. The summed E-state index contributed by atoms with van der Waals surface area (Å²) in [4.78, 5) is 10.9. The normalized spacial score (nSPS) is 16.6. The molecule has 2 nitrogen and oxygen atoms in total. The van der Waals surface area contributed by atoms with Crippen LogP contribution in [0.25, 0.3) is 5.57 Å². The van der Waals surface area contributed by atoms with Crippen molar-refractivity contribution < 1.29 is 9.90 Å². The standard InChI is InChI=1S/C14H15BrO2/c1-9(2)10-5-11(7-12(15)6-10)14(3-4-14)8-13(16)17/h5-7H,1,3-4,8H2,2H3,(H,16,17). The van der Waals surface area contributed by atoms with Crippen LogP contribution in [0.1, 0.15) is 37.3 Å². The minimum absolute atomic E-state index is 0.139. The molecular weight excluding hydrogens is 280 g/mol. The van der Waals surface area contributed by atoms with E-state index in [4.69, 9.17) is 5.11 Å². The van der Waals surface area contributed by atoms with Gasteiger partial charge in [-0.2, -0.15) is 0 Å². The molecule has 1 aliphatic rings. The second-order valence-electron chi connectivity index (χ2n) is 4.86. The molecule has 0 radical (unpaired) electrons. The van der Waals surface area contributed by atoms with E-state index in [2.05, 4.69) is 28.6 Å². The highest BCUT2D eigenvalue weighted by Crippen LogP contribution is 2.51. The smallest absolute Gasteiger partial charge is 0.304 e. The fourth-order valence-electron chi connectivity index (χ4n) is 2.15. The van der Waals surface area contributed by atoms with E-state index in [1.165, 1.54) is 0 Å². The molecular formula is C14H15BrO2. The van der Waals surface area contributed by atoms with Gasteiger partial charge in [0.15, 0.2) is 0 Å². The molecule has 3 heteroatoms. The Bertz CT molecular complexity index is 487. The molecule has 0 aromatic heterocycles. The topological polar surface area (TPSA) is 37.3 Å². The van der Waals surface area contributed by atoms with Crippen molar-refractivity contribution in [3.63, 3.8) is 0 Å². The van der Waals surface area contributed by atoms with Gasteiger partial charge >= 0.3 is 5.97 Å². The molecule has 17 heavy (non-hydrogen) atoms. The first-order valence-corrected chi connectivity index (χ1v) is 6.41. The molecule has 1 aromatic carbocycles. The van der Waals surface area contributed by atoms with E-state index in [1.54, 1.807) is 0 Å². The average Bonchev–Trinajstić information content (AvgIpc) is 2.97. The van der Waals surface area contributed by atoms with Crippen LogP contribution in [0.3, 0.4) is 0 Å². The molecule has 1 N–H and O–H groups in total. The van der Waals surface area contributed by atoms with Crippen molar-refractivity contribution >= 4 is 27.5 Å². The maximum absolute atomic E-state index is 10.9. The number of aliphatic carboxylic acids is 1. The van der Waals surface area contributed by atoms with Crippen molar-refractivity contribution in [2.75, 3.05) is 0 Å². The van der Waals surface area contributed by atoms with Crippen molar-refractivity contribution in [1.82, 2.24) is 0 Å². The van der Waals surface area contributed by atoms with Crippen LogP contribution in [0.5, 0.6) is 0 Å². The van der Waals surface area contributed by atoms with Gasteiger partial charge in [0.1, 0.15) is 0 Å². The lowest BCUT2D eigenvalue weighted by Crippen LogP contribution is -2.13. The number of rotatable bonds is 4. The Morgan fingerprint density at radius 1 is 1.47 bits per heavy atom. The SMILES string of the molecule is C=C(C)c1cc(Br)cc(C2(CC(=O)O)CC2)c1. The first kappa shape index (κ1) is 12.4. The summed E-state index contributed by atoms with van der Waals surface area (Å²) in [5.41, 5.74) is 3.05. The molecule has 1 fully saturated rings. The highest BCUT2D eigenvalue weighted by Gasteiger charge is 2.46. The molecule has 1 aliphatic carbocycles. The fraction of sp³-hybridized carbons (Fsp3) is 0.357. The Kier molecular flexibility index (Phi) is 3.13. The van der Waals surface area contributed by atoms with Crippen LogP contribution < -0.4 is 0 Å². The van der Waals surface area contributed by atoms with Crippen LogP contribution in [0.4, 0.5) is 0 Å². The first-order valence-electron chi connectivity index (χ1n) is 5.62. The average molecular weight is 295 g/mol. The molecule has 0 heterocycles. The van der Waals surface area contributed by atoms with Crippen LogP contribution in [-0.2, 0) is 10.2 Å². The van der Waals surface area contributed by atoms with Gasteiger partial charge < -0.3 is 5.11 Å². The molecule has 1 aromatic rings.